The first-order chi connectivity index (χ1) is 15.6. The topological polar surface area (TPSA) is 59.4 Å². The van der Waals surface area contributed by atoms with Gasteiger partial charge in [-0.05, 0) is 74.4 Å². The summed E-state index contributed by atoms with van der Waals surface area (Å²) in [5.41, 5.74) is 1.98. The Morgan fingerprint density at radius 2 is 1.79 bits per heavy atom. The molecule has 0 saturated carbocycles. The Hall–Kier alpha value is -2.67. The number of nitrogens with zero attached hydrogens (tertiary/aromatic N) is 2. The summed E-state index contributed by atoms with van der Waals surface area (Å²) in [5.74, 6) is -0.0188. The molecule has 1 aliphatic rings. The lowest BCUT2D eigenvalue weighted by molar-refractivity contribution is 0.442. The molecule has 1 saturated heterocycles. The predicted molar refractivity (Wildman–Crippen MR) is 130 cm³/mol. The molecular formula is C26H31FN2O3S. The van der Waals surface area contributed by atoms with Gasteiger partial charge in [-0.15, -0.1) is 0 Å². The third-order valence-corrected chi connectivity index (χ3v) is 8.10. The Bertz CT molecular complexity index is 1360. The number of aryl methyl sites for hydroxylation is 3. The van der Waals surface area contributed by atoms with Gasteiger partial charge in [0.25, 0.3) is 0 Å². The Labute approximate surface area is 194 Å². The van der Waals surface area contributed by atoms with Gasteiger partial charge in [-0.1, -0.05) is 19.9 Å². The second-order valence-electron chi connectivity index (χ2n) is 9.36. The average molecular weight is 471 g/mol. The fraction of sp³-hybridized carbons (Fsp3) is 0.423. The number of benzene rings is 2. The average Bonchev–Trinajstić information content (AvgIpc) is 2.74. The van der Waals surface area contributed by atoms with E-state index in [1.165, 1.54) is 12.3 Å². The molecule has 0 N–H and O–H groups in total. The highest BCUT2D eigenvalue weighted by Crippen LogP contribution is 2.30. The molecule has 0 spiro atoms. The summed E-state index contributed by atoms with van der Waals surface area (Å²) in [7, 11) is -4.06. The van der Waals surface area contributed by atoms with E-state index >= 15 is 4.39 Å². The van der Waals surface area contributed by atoms with E-state index in [1.54, 1.807) is 22.8 Å². The van der Waals surface area contributed by atoms with Crippen LogP contribution in [0.25, 0.3) is 10.9 Å². The van der Waals surface area contributed by atoms with Gasteiger partial charge in [0.2, 0.25) is 15.3 Å². The van der Waals surface area contributed by atoms with Crippen LogP contribution in [0.1, 0.15) is 44.2 Å². The van der Waals surface area contributed by atoms with Crippen LogP contribution >= 0.6 is 0 Å². The van der Waals surface area contributed by atoms with Crippen molar-refractivity contribution in [2.75, 3.05) is 18.0 Å². The van der Waals surface area contributed by atoms with Gasteiger partial charge in [-0.25, -0.2) is 12.8 Å². The van der Waals surface area contributed by atoms with E-state index in [0.717, 1.165) is 43.5 Å². The first-order valence-electron chi connectivity index (χ1n) is 11.6. The van der Waals surface area contributed by atoms with Crippen molar-refractivity contribution in [2.45, 2.75) is 63.3 Å². The van der Waals surface area contributed by atoms with Crippen molar-refractivity contribution in [3.8, 4) is 0 Å². The minimum absolute atomic E-state index is 0.0823. The Morgan fingerprint density at radius 3 is 2.42 bits per heavy atom. The lowest BCUT2D eigenvalue weighted by Gasteiger charge is -2.33. The fourth-order valence-electron chi connectivity index (χ4n) is 4.86. The molecule has 4 rings (SSSR count). The van der Waals surface area contributed by atoms with Crippen LogP contribution < -0.4 is 10.3 Å². The van der Waals surface area contributed by atoms with E-state index < -0.39 is 21.1 Å². The zero-order chi connectivity index (χ0) is 23.9. The van der Waals surface area contributed by atoms with Crippen molar-refractivity contribution in [2.24, 2.45) is 5.92 Å². The number of sulfone groups is 1. The molecule has 176 valence electrons. The van der Waals surface area contributed by atoms with Crippen molar-refractivity contribution >= 4 is 26.4 Å². The van der Waals surface area contributed by atoms with Crippen LogP contribution in [0.4, 0.5) is 10.1 Å². The molecule has 1 aliphatic heterocycles. The number of piperidine rings is 1. The smallest absolute Gasteiger partial charge is 0.211 e. The van der Waals surface area contributed by atoms with Gasteiger partial charge in [0.1, 0.15) is 10.7 Å². The maximum absolute atomic E-state index is 15.2. The molecule has 0 amide bonds. The van der Waals surface area contributed by atoms with Crippen molar-refractivity contribution in [1.29, 1.82) is 0 Å². The minimum atomic E-state index is -4.06. The van der Waals surface area contributed by atoms with Crippen molar-refractivity contribution in [3.63, 3.8) is 0 Å². The quantitative estimate of drug-likeness (QED) is 0.512. The number of fused-ring (bicyclic) bond motifs is 1. The van der Waals surface area contributed by atoms with Gasteiger partial charge in [-0.2, -0.15) is 0 Å². The molecule has 0 bridgehead atoms. The first-order valence-corrected chi connectivity index (χ1v) is 13.0. The highest BCUT2D eigenvalue weighted by Gasteiger charge is 2.26. The molecule has 7 heteroatoms. The summed E-state index contributed by atoms with van der Waals surface area (Å²) in [4.78, 5) is 15.2. The van der Waals surface area contributed by atoms with E-state index in [1.807, 2.05) is 31.7 Å². The summed E-state index contributed by atoms with van der Waals surface area (Å²) in [6.45, 7) is 9.83. The molecule has 5 nitrogen and oxygen atoms in total. The summed E-state index contributed by atoms with van der Waals surface area (Å²) in [6.07, 6.45) is 4.29. The van der Waals surface area contributed by atoms with E-state index in [0.29, 0.717) is 23.7 Å². The molecule has 0 aliphatic carbocycles. The Morgan fingerprint density at radius 1 is 1.09 bits per heavy atom. The zero-order valence-corrected chi connectivity index (χ0v) is 20.5. The third-order valence-electron chi connectivity index (χ3n) is 6.37. The molecule has 0 unspecified atom stereocenters. The van der Waals surface area contributed by atoms with Crippen LogP contribution in [-0.4, -0.2) is 26.1 Å². The number of rotatable bonds is 5. The molecule has 1 fully saturated rings. The summed E-state index contributed by atoms with van der Waals surface area (Å²) in [5, 5.41) is 0.0974. The SMILES string of the molecule is CCCn1cc(S(=O)(=O)c2cc(C)cc(C)c2)c(=O)c2cc(F)c(N3CCC[C@@H](C)C3)cc21. The number of aromatic nitrogens is 1. The van der Waals surface area contributed by atoms with E-state index in [4.69, 9.17) is 0 Å². The molecule has 2 heterocycles. The number of anilines is 1. The second kappa shape index (κ2) is 8.93. The maximum Gasteiger partial charge on any atom is 0.211 e. The first kappa shape index (κ1) is 23.5. The fourth-order valence-corrected chi connectivity index (χ4v) is 6.41. The number of hydrogen-bond acceptors (Lipinski definition) is 4. The number of pyridine rings is 1. The molecule has 1 aromatic heterocycles. The van der Waals surface area contributed by atoms with E-state index in [9.17, 15) is 13.2 Å². The van der Waals surface area contributed by atoms with Crippen LogP contribution in [0.2, 0.25) is 0 Å². The normalized spacial score (nSPS) is 17.0. The van der Waals surface area contributed by atoms with Gasteiger partial charge >= 0.3 is 0 Å². The summed E-state index contributed by atoms with van der Waals surface area (Å²) >= 11 is 0. The van der Waals surface area contributed by atoms with E-state index in [2.05, 4.69) is 6.92 Å². The Kier molecular flexibility index (Phi) is 6.36. The van der Waals surface area contributed by atoms with Gasteiger partial charge in [-0.3, -0.25) is 4.79 Å². The lowest BCUT2D eigenvalue weighted by atomic mass is 9.99. The molecule has 1 atom stereocenters. The van der Waals surface area contributed by atoms with Crippen molar-refractivity contribution in [3.05, 3.63) is 63.7 Å². The minimum Gasteiger partial charge on any atom is -0.369 e. The third kappa shape index (κ3) is 4.43. The molecular weight excluding hydrogens is 439 g/mol. The van der Waals surface area contributed by atoms with Crippen LogP contribution in [-0.2, 0) is 16.4 Å². The standard InChI is InChI=1S/C26H31FN2O3S/c1-5-8-28-16-25(33(31,32)20-11-18(3)10-19(4)12-20)26(30)21-13-22(27)24(14-23(21)28)29-9-6-7-17(2)15-29/h10-14,16-17H,5-9,15H2,1-4H3/t17-/m1/s1. The molecule has 0 radical (unpaired) electrons. The molecule has 2 aromatic carbocycles. The lowest BCUT2D eigenvalue weighted by Crippen LogP contribution is -2.35. The van der Waals surface area contributed by atoms with Crippen LogP contribution in [0.15, 0.2) is 51.1 Å². The van der Waals surface area contributed by atoms with Gasteiger partial charge in [0.05, 0.1) is 21.5 Å². The van der Waals surface area contributed by atoms with Crippen molar-refractivity contribution in [1.82, 2.24) is 4.57 Å². The monoisotopic (exact) mass is 470 g/mol. The van der Waals surface area contributed by atoms with Crippen molar-refractivity contribution < 1.29 is 12.8 Å². The molecule has 33 heavy (non-hydrogen) atoms. The van der Waals surface area contributed by atoms with E-state index in [-0.39, 0.29) is 15.2 Å². The predicted octanol–water partition coefficient (Wildman–Crippen LogP) is 5.24. The largest absolute Gasteiger partial charge is 0.369 e. The maximum atomic E-state index is 15.2. The summed E-state index contributed by atoms with van der Waals surface area (Å²) < 4.78 is 44.0. The van der Waals surface area contributed by atoms with Crippen LogP contribution in [0.3, 0.4) is 0 Å². The molecule has 3 aromatic rings. The van der Waals surface area contributed by atoms with Gasteiger partial charge in [0.15, 0.2) is 0 Å². The number of hydrogen-bond donors (Lipinski definition) is 0. The zero-order valence-electron chi connectivity index (χ0n) is 19.7. The van der Waals surface area contributed by atoms with Crippen LogP contribution in [0.5, 0.6) is 0 Å². The second-order valence-corrected chi connectivity index (χ2v) is 11.3. The number of halogens is 1. The van der Waals surface area contributed by atoms with Gasteiger partial charge in [0, 0.05) is 25.8 Å². The highest BCUT2D eigenvalue weighted by molar-refractivity contribution is 7.91. The Balaban J connectivity index is 1.94. The van der Waals surface area contributed by atoms with Crippen LogP contribution in [0, 0.1) is 25.6 Å². The van der Waals surface area contributed by atoms with Gasteiger partial charge < -0.3 is 9.47 Å². The highest BCUT2D eigenvalue weighted by atomic mass is 32.2. The summed E-state index contributed by atoms with van der Waals surface area (Å²) in [6, 6.07) is 7.95.